The highest BCUT2D eigenvalue weighted by Crippen LogP contribution is 2.36. The largest absolute Gasteiger partial charge is 0.486 e. The molecule has 2 heterocycles. The number of amides is 1. The van der Waals surface area contributed by atoms with Crippen molar-refractivity contribution < 1.29 is 22.7 Å². The Labute approximate surface area is 151 Å². The number of carbonyl (C=O) groups is 1. The summed E-state index contributed by atoms with van der Waals surface area (Å²) in [5.74, 6) is -0.184. The average molecular weight is 370 g/mol. The Morgan fingerprint density at radius 1 is 1.19 bits per heavy atom. The first-order chi connectivity index (χ1) is 12.0. The van der Waals surface area contributed by atoms with Crippen molar-refractivity contribution in [3.05, 3.63) is 29.3 Å². The minimum atomic E-state index is -4.49. The second kappa shape index (κ2) is 6.44. The van der Waals surface area contributed by atoms with Gasteiger partial charge in [-0.1, -0.05) is 20.8 Å². The Bertz CT molecular complexity index is 697. The molecule has 0 aromatic heterocycles. The lowest BCUT2D eigenvalue weighted by molar-refractivity contribution is -0.137. The number of benzene rings is 1. The Morgan fingerprint density at radius 2 is 1.88 bits per heavy atom. The summed E-state index contributed by atoms with van der Waals surface area (Å²) in [6.07, 6.45) is -3.70. The van der Waals surface area contributed by atoms with Crippen LogP contribution in [-0.4, -0.2) is 54.5 Å². The minimum absolute atomic E-state index is 0.0158. The van der Waals surface area contributed by atoms with Crippen molar-refractivity contribution in [1.29, 1.82) is 0 Å². The third-order valence-electron chi connectivity index (χ3n) is 5.12. The van der Waals surface area contributed by atoms with Crippen molar-refractivity contribution in [2.45, 2.75) is 45.5 Å². The summed E-state index contributed by atoms with van der Waals surface area (Å²) >= 11 is 0. The monoisotopic (exact) mass is 370 g/mol. The molecule has 0 N–H and O–H groups in total. The summed E-state index contributed by atoms with van der Waals surface area (Å²) in [5, 5.41) is 0. The third-order valence-corrected chi connectivity index (χ3v) is 5.12. The van der Waals surface area contributed by atoms with Crippen LogP contribution in [0.1, 0.15) is 43.1 Å². The van der Waals surface area contributed by atoms with Crippen LogP contribution in [0.15, 0.2) is 18.2 Å². The molecule has 26 heavy (non-hydrogen) atoms. The van der Waals surface area contributed by atoms with Gasteiger partial charge in [0, 0.05) is 20.1 Å². The standard InChI is InChI=1S/C19H25F3N2O2/c1-18(2,3)7-8-24-10-14-16(11-24)26-15-6-5-12(19(20,21)22)9-13(15)17(25)23(14)4/h5-6,9,14,16H,7-8,10-11H2,1-4H3. The van der Waals surface area contributed by atoms with Crippen molar-refractivity contribution in [2.75, 3.05) is 26.7 Å². The fourth-order valence-corrected chi connectivity index (χ4v) is 3.48. The number of alkyl halides is 3. The van der Waals surface area contributed by atoms with E-state index in [4.69, 9.17) is 4.74 Å². The molecule has 0 bridgehead atoms. The lowest BCUT2D eigenvalue weighted by atomic mass is 9.92. The first-order valence-electron chi connectivity index (χ1n) is 8.83. The van der Waals surface area contributed by atoms with Crippen molar-refractivity contribution in [2.24, 2.45) is 5.41 Å². The normalized spacial score (nSPS) is 24.1. The predicted molar refractivity (Wildman–Crippen MR) is 92.3 cm³/mol. The highest BCUT2D eigenvalue weighted by atomic mass is 19.4. The Hall–Kier alpha value is -1.76. The summed E-state index contributed by atoms with van der Waals surface area (Å²) in [5.41, 5.74) is -0.633. The molecule has 7 heteroatoms. The van der Waals surface area contributed by atoms with E-state index in [0.717, 1.165) is 25.1 Å². The van der Waals surface area contributed by atoms with Crippen molar-refractivity contribution in [3.8, 4) is 5.75 Å². The van der Waals surface area contributed by atoms with E-state index >= 15 is 0 Å². The van der Waals surface area contributed by atoms with Crippen molar-refractivity contribution in [1.82, 2.24) is 9.80 Å². The van der Waals surface area contributed by atoms with Crippen molar-refractivity contribution >= 4 is 5.91 Å². The maximum atomic E-state index is 13.0. The number of ether oxygens (including phenoxy) is 1. The topological polar surface area (TPSA) is 32.8 Å². The molecule has 2 aliphatic heterocycles. The van der Waals surface area contributed by atoms with E-state index < -0.39 is 17.6 Å². The third kappa shape index (κ3) is 3.82. The van der Waals surface area contributed by atoms with Crippen LogP contribution in [0.3, 0.4) is 0 Å². The highest BCUT2D eigenvalue weighted by Gasteiger charge is 2.43. The number of halogens is 3. The fraction of sp³-hybridized carbons (Fsp3) is 0.632. The number of hydrogen-bond donors (Lipinski definition) is 0. The van der Waals surface area contributed by atoms with E-state index in [1.165, 1.54) is 11.0 Å². The number of rotatable bonds is 2. The van der Waals surface area contributed by atoms with E-state index in [-0.39, 0.29) is 28.9 Å². The molecule has 3 rings (SSSR count). The van der Waals surface area contributed by atoms with Crippen LogP contribution in [0.4, 0.5) is 13.2 Å². The smallest absolute Gasteiger partial charge is 0.416 e. The quantitative estimate of drug-likeness (QED) is 0.797. The van der Waals surface area contributed by atoms with Gasteiger partial charge in [-0.05, 0) is 36.6 Å². The number of hydrogen-bond acceptors (Lipinski definition) is 3. The molecule has 2 atom stereocenters. The maximum Gasteiger partial charge on any atom is 0.416 e. The molecule has 2 aliphatic rings. The van der Waals surface area contributed by atoms with Crippen LogP contribution in [0.5, 0.6) is 5.75 Å². The van der Waals surface area contributed by atoms with Crippen LogP contribution in [-0.2, 0) is 6.18 Å². The molecule has 2 unspecified atom stereocenters. The molecule has 1 aromatic rings. The first kappa shape index (κ1) is 19.0. The summed E-state index contributed by atoms with van der Waals surface area (Å²) in [6.45, 7) is 8.79. The summed E-state index contributed by atoms with van der Waals surface area (Å²) in [4.78, 5) is 16.5. The Balaban J connectivity index is 1.82. The summed E-state index contributed by atoms with van der Waals surface area (Å²) in [6, 6.07) is 2.97. The molecular formula is C19H25F3N2O2. The fourth-order valence-electron chi connectivity index (χ4n) is 3.48. The van der Waals surface area contributed by atoms with Crippen LogP contribution in [0, 0.1) is 5.41 Å². The number of nitrogens with zero attached hydrogens (tertiary/aromatic N) is 2. The van der Waals surface area contributed by atoms with Gasteiger partial charge in [0.1, 0.15) is 11.9 Å². The van der Waals surface area contributed by atoms with Gasteiger partial charge in [-0.15, -0.1) is 0 Å². The molecular weight excluding hydrogens is 345 g/mol. The van der Waals surface area contributed by atoms with Crippen LogP contribution in [0.25, 0.3) is 0 Å². The molecule has 4 nitrogen and oxygen atoms in total. The zero-order valence-electron chi connectivity index (χ0n) is 15.6. The Kier molecular flexibility index (Phi) is 4.71. The van der Waals surface area contributed by atoms with E-state index in [2.05, 4.69) is 25.7 Å². The lowest BCUT2D eigenvalue weighted by Gasteiger charge is -2.26. The van der Waals surface area contributed by atoms with Gasteiger partial charge >= 0.3 is 6.18 Å². The SMILES string of the molecule is CN1C(=O)c2cc(C(F)(F)F)ccc2OC2CN(CCC(C)(C)C)CC21. The van der Waals surface area contributed by atoms with E-state index in [1.54, 1.807) is 7.05 Å². The predicted octanol–water partition coefficient (Wildman–Crippen LogP) is 3.66. The van der Waals surface area contributed by atoms with Gasteiger partial charge in [0.15, 0.2) is 0 Å². The van der Waals surface area contributed by atoms with Gasteiger partial charge in [-0.2, -0.15) is 13.2 Å². The second-order valence-corrected chi connectivity index (χ2v) is 8.42. The molecule has 1 fully saturated rings. The number of carbonyl (C=O) groups excluding carboxylic acids is 1. The van der Waals surface area contributed by atoms with E-state index in [1.807, 2.05) is 0 Å². The molecule has 1 saturated heterocycles. The molecule has 144 valence electrons. The summed E-state index contributed by atoms with van der Waals surface area (Å²) < 4.78 is 44.9. The molecule has 1 aromatic carbocycles. The lowest BCUT2D eigenvalue weighted by Crippen LogP contribution is -2.44. The van der Waals surface area contributed by atoms with Crippen LogP contribution in [0.2, 0.25) is 0 Å². The van der Waals surface area contributed by atoms with Gasteiger partial charge < -0.3 is 9.64 Å². The molecule has 0 spiro atoms. The van der Waals surface area contributed by atoms with Gasteiger partial charge in [0.05, 0.1) is 17.2 Å². The maximum absolute atomic E-state index is 13.0. The molecule has 0 aliphatic carbocycles. The highest BCUT2D eigenvalue weighted by molar-refractivity contribution is 5.97. The van der Waals surface area contributed by atoms with Gasteiger partial charge in [0.25, 0.3) is 5.91 Å². The van der Waals surface area contributed by atoms with E-state index in [0.29, 0.717) is 13.1 Å². The van der Waals surface area contributed by atoms with Crippen molar-refractivity contribution in [3.63, 3.8) is 0 Å². The first-order valence-corrected chi connectivity index (χ1v) is 8.83. The number of fused-ring (bicyclic) bond motifs is 2. The minimum Gasteiger partial charge on any atom is -0.486 e. The zero-order valence-corrected chi connectivity index (χ0v) is 15.6. The average Bonchev–Trinajstić information content (AvgIpc) is 2.89. The van der Waals surface area contributed by atoms with Gasteiger partial charge in [-0.25, -0.2) is 0 Å². The van der Waals surface area contributed by atoms with Crippen LogP contribution >= 0.6 is 0 Å². The molecule has 0 saturated carbocycles. The number of likely N-dealkylation sites (N-methyl/N-ethyl adjacent to an activating group) is 1. The van der Waals surface area contributed by atoms with Gasteiger partial charge in [0.2, 0.25) is 0 Å². The second-order valence-electron chi connectivity index (χ2n) is 8.42. The Morgan fingerprint density at radius 3 is 2.50 bits per heavy atom. The zero-order chi connectivity index (χ0) is 19.3. The molecule has 0 radical (unpaired) electrons. The van der Waals surface area contributed by atoms with Crippen LogP contribution < -0.4 is 4.74 Å². The number of likely N-dealkylation sites (tertiary alicyclic amines) is 1. The van der Waals surface area contributed by atoms with Gasteiger partial charge in [-0.3, -0.25) is 9.69 Å². The molecule has 1 amide bonds. The summed E-state index contributed by atoms with van der Waals surface area (Å²) in [7, 11) is 1.64. The van der Waals surface area contributed by atoms with E-state index in [9.17, 15) is 18.0 Å².